The molecule has 1 aromatic carbocycles. The van der Waals surface area contributed by atoms with E-state index in [1.807, 2.05) is 0 Å². The van der Waals surface area contributed by atoms with Crippen molar-refractivity contribution in [3.63, 3.8) is 0 Å². The first-order chi connectivity index (χ1) is 12.4. The third-order valence-electron chi connectivity index (χ3n) is 4.04. The summed E-state index contributed by atoms with van der Waals surface area (Å²) in [5, 5.41) is 0. The van der Waals surface area contributed by atoms with E-state index in [-0.39, 0.29) is 12.6 Å². The van der Waals surface area contributed by atoms with Gasteiger partial charge in [-0.05, 0) is 30.0 Å². The summed E-state index contributed by atoms with van der Waals surface area (Å²) in [5.41, 5.74) is 0.791. The molecule has 0 aliphatic carbocycles. The fourth-order valence-electron chi connectivity index (χ4n) is 2.63. The van der Waals surface area contributed by atoms with Crippen LogP contribution >= 0.6 is 0 Å². The number of ether oxygens (including phenoxy) is 3. The number of unbranched alkanes of at least 4 members (excludes halogenated alkanes) is 4. The van der Waals surface area contributed by atoms with E-state index < -0.39 is 5.97 Å². The molecule has 0 amide bonds. The number of carbonyl (C=O) groups is 2. The summed E-state index contributed by atoms with van der Waals surface area (Å²) in [4.78, 5) is 22.9. The lowest BCUT2D eigenvalue weighted by atomic mass is 10.0. The van der Waals surface area contributed by atoms with E-state index in [0.29, 0.717) is 17.9 Å². The van der Waals surface area contributed by atoms with Gasteiger partial charge in [0.1, 0.15) is 6.61 Å². The number of carbonyl (C=O) groups excluding carboxylic acids is 2. The summed E-state index contributed by atoms with van der Waals surface area (Å²) in [5.74, 6) is 0.969. The Morgan fingerprint density at radius 1 is 1.00 bits per heavy atom. The molecule has 1 rings (SSSR count). The van der Waals surface area contributed by atoms with E-state index in [0.717, 1.165) is 24.3 Å². The number of hydrogen-bond acceptors (Lipinski definition) is 5. The van der Waals surface area contributed by atoms with Crippen LogP contribution in [0.25, 0.3) is 0 Å². The van der Waals surface area contributed by atoms with Gasteiger partial charge in [-0.15, -0.1) is 0 Å². The van der Waals surface area contributed by atoms with Crippen molar-refractivity contribution in [2.75, 3.05) is 7.11 Å². The molecule has 0 aliphatic rings. The van der Waals surface area contributed by atoms with E-state index in [2.05, 4.69) is 13.8 Å². The summed E-state index contributed by atoms with van der Waals surface area (Å²) in [7, 11) is 1.50. The van der Waals surface area contributed by atoms with Gasteiger partial charge in [0.25, 0.3) is 0 Å². The first-order valence-electron chi connectivity index (χ1n) is 9.43. The van der Waals surface area contributed by atoms with E-state index in [1.54, 1.807) is 18.2 Å². The predicted octanol–water partition coefficient (Wildman–Crippen LogP) is 5.05. The second-order valence-corrected chi connectivity index (χ2v) is 6.94. The Morgan fingerprint density at radius 2 is 1.69 bits per heavy atom. The van der Waals surface area contributed by atoms with Crippen molar-refractivity contribution in [1.29, 1.82) is 0 Å². The minimum atomic E-state index is -0.410. The molecule has 0 radical (unpaired) electrons. The van der Waals surface area contributed by atoms with Crippen molar-refractivity contribution in [3.05, 3.63) is 23.8 Å². The third-order valence-corrected chi connectivity index (χ3v) is 4.04. The summed E-state index contributed by atoms with van der Waals surface area (Å²) >= 11 is 0. The molecular formula is C21H32O5. The molecule has 5 heteroatoms. The SMILES string of the molecule is COc1cc(COC(=O)CCCCCCCC(C)C)ccc1OC(C)=O. The van der Waals surface area contributed by atoms with Gasteiger partial charge in [0.2, 0.25) is 0 Å². The highest BCUT2D eigenvalue weighted by molar-refractivity contribution is 5.70. The van der Waals surface area contributed by atoms with Gasteiger partial charge in [0.05, 0.1) is 7.11 Å². The number of hydrogen-bond donors (Lipinski definition) is 0. The van der Waals surface area contributed by atoms with Gasteiger partial charge < -0.3 is 14.2 Å². The standard InChI is InChI=1S/C21H32O5/c1-16(2)10-8-6-5-7-9-11-21(23)25-15-18-12-13-19(26-17(3)22)20(14-18)24-4/h12-14,16H,5-11,15H2,1-4H3. The highest BCUT2D eigenvalue weighted by atomic mass is 16.6. The van der Waals surface area contributed by atoms with Gasteiger partial charge in [-0.3, -0.25) is 9.59 Å². The molecule has 0 saturated carbocycles. The maximum Gasteiger partial charge on any atom is 0.308 e. The molecule has 0 aliphatic heterocycles. The highest BCUT2D eigenvalue weighted by Crippen LogP contribution is 2.28. The van der Waals surface area contributed by atoms with Crippen molar-refractivity contribution >= 4 is 11.9 Å². The smallest absolute Gasteiger partial charge is 0.308 e. The Kier molecular flexibility index (Phi) is 10.4. The molecule has 0 aromatic heterocycles. The van der Waals surface area contributed by atoms with Gasteiger partial charge in [-0.1, -0.05) is 52.0 Å². The van der Waals surface area contributed by atoms with E-state index >= 15 is 0 Å². The van der Waals surface area contributed by atoms with E-state index in [1.165, 1.54) is 39.7 Å². The fraction of sp³-hybridized carbons (Fsp3) is 0.619. The largest absolute Gasteiger partial charge is 0.493 e. The van der Waals surface area contributed by atoms with Gasteiger partial charge in [-0.25, -0.2) is 0 Å². The molecule has 0 heterocycles. The molecule has 0 unspecified atom stereocenters. The fourth-order valence-corrected chi connectivity index (χ4v) is 2.63. The minimum Gasteiger partial charge on any atom is -0.493 e. The average Bonchev–Trinajstić information content (AvgIpc) is 2.59. The summed E-state index contributed by atoms with van der Waals surface area (Å²) in [6.45, 7) is 6.01. The molecule has 0 bridgehead atoms. The first-order valence-corrected chi connectivity index (χ1v) is 9.43. The second kappa shape index (κ2) is 12.3. The molecule has 1 aromatic rings. The second-order valence-electron chi connectivity index (χ2n) is 6.94. The molecule has 146 valence electrons. The number of benzene rings is 1. The van der Waals surface area contributed by atoms with Crippen LogP contribution < -0.4 is 9.47 Å². The Bertz CT molecular complexity index is 566. The van der Waals surface area contributed by atoms with Crippen LogP contribution in [0.3, 0.4) is 0 Å². The highest BCUT2D eigenvalue weighted by Gasteiger charge is 2.09. The van der Waals surface area contributed by atoms with Crippen LogP contribution in [-0.4, -0.2) is 19.0 Å². The lowest BCUT2D eigenvalue weighted by molar-refractivity contribution is -0.145. The van der Waals surface area contributed by atoms with Gasteiger partial charge >= 0.3 is 11.9 Å². The molecule has 26 heavy (non-hydrogen) atoms. The van der Waals surface area contributed by atoms with Crippen LogP contribution in [0.2, 0.25) is 0 Å². The van der Waals surface area contributed by atoms with Crippen molar-refractivity contribution < 1.29 is 23.8 Å². The van der Waals surface area contributed by atoms with Gasteiger partial charge in [0, 0.05) is 13.3 Å². The van der Waals surface area contributed by atoms with Crippen LogP contribution in [0.4, 0.5) is 0 Å². The normalized spacial score (nSPS) is 10.7. The number of methoxy groups -OCH3 is 1. The summed E-state index contributed by atoms with van der Waals surface area (Å²) < 4.78 is 15.6. The number of rotatable bonds is 12. The molecule has 5 nitrogen and oxygen atoms in total. The van der Waals surface area contributed by atoms with Crippen LogP contribution in [0, 0.1) is 5.92 Å². The summed E-state index contributed by atoms with van der Waals surface area (Å²) in [6.07, 6.45) is 7.35. The van der Waals surface area contributed by atoms with Crippen molar-refractivity contribution in [3.8, 4) is 11.5 Å². The summed E-state index contributed by atoms with van der Waals surface area (Å²) in [6, 6.07) is 5.10. The number of esters is 2. The maximum atomic E-state index is 11.8. The van der Waals surface area contributed by atoms with E-state index in [4.69, 9.17) is 14.2 Å². The van der Waals surface area contributed by atoms with Crippen LogP contribution in [0.1, 0.15) is 71.3 Å². The average molecular weight is 364 g/mol. The first kappa shape index (κ1) is 22.0. The monoisotopic (exact) mass is 364 g/mol. The molecular weight excluding hydrogens is 332 g/mol. The van der Waals surface area contributed by atoms with Crippen LogP contribution in [0.15, 0.2) is 18.2 Å². The molecule has 0 atom stereocenters. The third kappa shape index (κ3) is 9.44. The molecule has 0 N–H and O–H groups in total. The van der Waals surface area contributed by atoms with Crippen LogP contribution in [0.5, 0.6) is 11.5 Å². The van der Waals surface area contributed by atoms with Crippen molar-refractivity contribution in [1.82, 2.24) is 0 Å². The quantitative estimate of drug-likeness (QED) is 0.295. The molecule has 0 fully saturated rings. The Balaban J connectivity index is 2.26. The van der Waals surface area contributed by atoms with Crippen molar-refractivity contribution in [2.45, 2.75) is 72.3 Å². The minimum absolute atomic E-state index is 0.184. The molecule has 0 spiro atoms. The Hall–Kier alpha value is -2.04. The van der Waals surface area contributed by atoms with Crippen molar-refractivity contribution in [2.24, 2.45) is 5.92 Å². The molecule has 0 saturated heterocycles. The maximum absolute atomic E-state index is 11.8. The zero-order valence-corrected chi connectivity index (χ0v) is 16.5. The Labute approximate surface area is 157 Å². The Morgan fingerprint density at radius 3 is 2.35 bits per heavy atom. The zero-order chi connectivity index (χ0) is 19.4. The van der Waals surface area contributed by atoms with E-state index in [9.17, 15) is 9.59 Å². The van der Waals surface area contributed by atoms with Crippen LogP contribution in [-0.2, 0) is 20.9 Å². The lowest BCUT2D eigenvalue weighted by Gasteiger charge is -2.10. The lowest BCUT2D eigenvalue weighted by Crippen LogP contribution is -2.06. The van der Waals surface area contributed by atoms with Gasteiger partial charge in [0.15, 0.2) is 11.5 Å². The van der Waals surface area contributed by atoms with Gasteiger partial charge in [-0.2, -0.15) is 0 Å². The topological polar surface area (TPSA) is 61.8 Å². The predicted molar refractivity (Wildman–Crippen MR) is 101 cm³/mol. The zero-order valence-electron chi connectivity index (χ0n) is 16.5.